The van der Waals surface area contributed by atoms with Gasteiger partial charge in [0.1, 0.15) is 5.82 Å². The molecule has 0 bridgehead atoms. The molecule has 0 saturated carbocycles. The SMILES string of the molecule is CC1COCCC1Nc1ccc(Cl)c(C(=O)O)n1. The van der Waals surface area contributed by atoms with E-state index in [1.54, 1.807) is 12.1 Å². The Balaban J connectivity index is 2.14. The Bertz CT molecular complexity index is 453. The van der Waals surface area contributed by atoms with Gasteiger partial charge in [0.25, 0.3) is 0 Å². The van der Waals surface area contributed by atoms with Crippen molar-refractivity contribution < 1.29 is 14.6 Å². The first-order valence-electron chi connectivity index (χ1n) is 5.82. The Morgan fingerprint density at radius 2 is 2.39 bits per heavy atom. The summed E-state index contributed by atoms with van der Waals surface area (Å²) in [6, 6.07) is 3.48. The van der Waals surface area contributed by atoms with E-state index >= 15 is 0 Å². The van der Waals surface area contributed by atoms with E-state index in [-0.39, 0.29) is 16.8 Å². The molecule has 98 valence electrons. The van der Waals surface area contributed by atoms with E-state index in [0.717, 1.165) is 6.42 Å². The van der Waals surface area contributed by atoms with Gasteiger partial charge in [0.15, 0.2) is 5.69 Å². The Morgan fingerprint density at radius 3 is 3.06 bits per heavy atom. The van der Waals surface area contributed by atoms with Crippen molar-refractivity contribution in [2.75, 3.05) is 18.5 Å². The molecule has 0 radical (unpaired) electrons. The number of rotatable bonds is 3. The summed E-state index contributed by atoms with van der Waals surface area (Å²) in [5, 5.41) is 12.3. The maximum atomic E-state index is 10.9. The molecule has 6 heteroatoms. The predicted molar refractivity (Wildman–Crippen MR) is 68.2 cm³/mol. The molecule has 2 rings (SSSR count). The lowest BCUT2D eigenvalue weighted by Gasteiger charge is -2.30. The van der Waals surface area contributed by atoms with Crippen molar-refractivity contribution in [3.63, 3.8) is 0 Å². The van der Waals surface area contributed by atoms with Crippen molar-refractivity contribution in [3.05, 3.63) is 22.8 Å². The number of aromatic nitrogens is 1. The summed E-state index contributed by atoms with van der Waals surface area (Å²) in [5.74, 6) is -0.219. The highest BCUT2D eigenvalue weighted by Crippen LogP contribution is 2.21. The number of pyridine rings is 1. The molecule has 0 aliphatic carbocycles. The second-order valence-electron chi connectivity index (χ2n) is 4.42. The standard InChI is InChI=1S/C12H15ClN2O3/c1-7-6-18-5-4-9(7)14-10-3-2-8(13)11(15-10)12(16)17/h2-3,7,9H,4-6H2,1H3,(H,14,15)(H,16,17). The molecule has 1 aliphatic rings. The quantitative estimate of drug-likeness (QED) is 0.882. The summed E-state index contributed by atoms with van der Waals surface area (Å²) >= 11 is 5.77. The van der Waals surface area contributed by atoms with Crippen LogP contribution in [0.5, 0.6) is 0 Å². The highest BCUT2D eigenvalue weighted by Gasteiger charge is 2.22. The van der Waals surface area contributed by atoms with Gasteiger partial charge in [0.2, 0.25) is 0 Å². The van der Waals surface area contributed by atoms with Crippen LogP contribution in [0.4, 0.5) is 5.82 Å². The summed E-state index contributed by atoms with van der Waals surface area (Å²) in [6.45, 7) is 3.50. The van der Waals surface area contributed by atoms with Crippen molar-refractivity contribution in [1.29, 1.82) is 0 Å². The van der Waals surface area contributed by atoms with Crippen LogP contribution >= 0.6 is 11.6 Å². The van der Waals surface area contributed by atoms with Gasteiger partial charge in [0.05, 0.1) is 11.6 Å². The smallest absolute Gasteiger partial charge is 0.356 e. The van der Waals surface area contributed by atoms with E-state index in [0.29, 0.717) is 24.9 Å². The summed E-state index contributed by atoms with van der Waals surface area (Å²) < 4.78 is 5.36. The molecule has 0 spiro atoms. The van der Waals surface area contributed by atoms with Crippen molar-refractivity contribution in [2.24, 2.45) is 5.92 Å². The van der Waals surface area contributed by atoms with Crippen LogP contribution in [0.15, 0.2) is 12.1 Å². The van der Waals surface area contributed by atoms with E-state index in [1.807, 2.05) is 0 Å². The van der Waals surface area contributed by atoms with Gasteiger partial charge in [-0.05, 0) is 24.5 Å². The van der Waals surface area contributed by atoms with Crippen LogP contribution < -0.4 is 5.32 Å². The molecule has 2 heterocycles. The third kappa shape index (κ3) is 2.91. The minimum absolute atomic E-state index is 0.124. The number of carbonyl (C=O) groups is 1. The zero-order valence-electron chi connectivity index (χ0n) is 10.0. The maximum Gasteiger partial charge on any atom is 0.356 e. The molecule has 1 aliphatic heterocycles. The Labute approximate surface area is 110 Å². The molecule has 1 aromatic heterocycles. The summed E-state index contributed by atoms with van der Waals surface area (Å²) in [5.41, 5.74) is -0.124. The minimum atomic E-state index is -1.12. The number of carboxylic acid groups (broad SMARTS) is 1. The second kappa shape index (κ2) is 5.54. The third-order valence-corrected chi connectivity index (χ3v) is 3.33. The lowest BCUT2D eigenvalue weighted by atomic mass is 9.98. The molecular formula is C12H15ClN2O3. The number of aromatic carboxylic acids is 1. The molecule has 1 fully saturated rings. The van der Waals surface area contributed by atoms with Crippen LogP contribution in [-0.2, 0) is 4.74 Å². The monoisotopic (exact) mass is 270 g/mol. The van der Waals surface area contributed by atoms with Crippen LogP contribution in [0.25, 0.3) is 0 Å². The van der Waals surface area contributed by atoms with Crippen LogP contribution in [0, 0.1) is 5.92 Å². The molecule has 2 N–H and O–H groups in total. The summed E-state index contributed by atoms with van der Waals surface area (Å²) in [4.78, 5) is 15.0. The van der Waals surface area contributed by atoms with E-state index in [4.69, 9.17) is 21.4 Å². The number of hydrogen-bond donors (Lipinski definition) is 2. The molecule has 1 aromatic rings. The van der Waals surface area contributed by atoms with Crippen LogP contribution in [0.1, 0.15) is 23.8 Å². The average Bonchev–Trinajstić information content (AvgIpc) is 2.34. The minimum Gasteiger partial charge on any atom is -0.476 e. The molecule has 18 heavy (non-hydrogen) atoms. The molecule has 0 aromatic carbocycles. The van der Waals surface area contributed by atoms with E-state index in [1.165, 1.54) is 0 Å². The molecule has 2 unspecified atom stereocenters. The van der Waals surface area contributed by atoms with Crippen molar-refractivity contribution >= 4 is 23.4 Å². The molecule has 5 nitrogen and oxygen atoms in total. The number of carboxylic acids is 1. The average molecular weight is 271 g/mol. The van der Waals surface area contributed by atoms with E-state index in [9.17, 15) is 4.79 Å². The van der Waals surface area contributed by atoms with Gasteiger partial charge in [-0.2, -0.15) is 0 Å². The number of nitrogens with one attached hydrogen (secondary N) is 1. The second-order valence-corrected chi connectivity index (χ2v) is 4.83. The Kier molecular flexibility index (Phi) is 4.04. The number of ether oxygens (including phenoxy) is 1. The number of hydrogen-bond acceptors (Lipinski definition) is 4. The van der Waals surface area contributed by atoms with Crippen LogP contribution in [-0.4, -0.2) is 35.3 Å². The zero-order chi connectivity index (χ0) is 13.1. The molecular weight excluding hydrogens is 256 g/mol. The topological polar surface area (TPSA) is 71.5 Å². The van der Waals surface area contributed by atoms with Crippen molar-refractivity contribution in [1.82, 2.24) is 4.98 Å². The lowest BCUT2D eigenvalue weighted by molar-refractivity contribution is 0.0536. The highest BCUT2D eigenvalue weighted by atomic mass is 35.5. The molecule has 2 atom stereocenters. The first-order chi connectivity index (χ1) is 8.58. The predicted octanol–water partition coefficient (Wildman–Crippen LogP) is 2.27. The van der Waals surface area contributed by atoms with E-state index in [2.05, 4.69) is 17.2 Å². The van der Waals surface area contributed by atoms with Gasteiger partial charge in [0, 0.05) is 12.6 Å². The third-order valence-electron chi connectivity index (χ3n) is 3.02. The fraction of sp³-hybridized carbons (Fsp3) is 0.500. The summed E-state index contributed by atoms with van der Waals surface area (Å²) in [7, 11) is 0. The van der Waals surface area contributed by atoms with E-state index < -0.39 is 5.97 Å². The number of anilines is 1. The van der Waals surface area contributed by atoms with Crippen molar-refractivity contribution in [2.45, 2.75) is 19.4 Å². The zero-order valence-corrected chi connectivity index (χ0v) is 10.8. The number of halogens is 1. The fourth-order valence-electron chi connectivity index (χ4n) is 1.96. The van der Waals surface area contributed by atoms with Crippen LogP contribution in [0.3, 0.4) is 0 Å². The Morgan fingerprint density at radius 1 is 1.61 bits per heavy atom. The first-order valence-corrected chi connectivity index (χ1v) is 6.20. The fourth-order valence-corrected chi connectivity index (χ4v) is 2.14. The van der Waals surface area contributed by atoms with Crippen LogP contribution in [0.2, 0.25) is 5.02 Å². The number of nitrogens with zero attached hydrogens (tertiary/aromatic N) is 1. The van der Waals surface area contributed by atoms with Gasteiger partial charge in [-0.15, -0.1) is 0 Å². The van der Waals surface area contributed by atoms with Gasteiger partial charge < -0.3 is 15.2 Å². The highest BCUT2D eigenvalue weighted by molar-refractivity contribution is 6.33. The lowest BCUT2D eigenvalue weighted by Crippen LogP contribution is -2.36. The van der Waals surface area contributed by atoms with Gasteiger partial charge in [-0.1, -0.05) is 18.5 Å². The normalized spacial score (nSPS) is 23.7. The first kappa shape index (κ1) is 13.1. The van der Waals surface area contributed by atoms with Gasteiger partial charge in [-0.25, -0.2) is 9.78 Å². The molecule has 0 amide bonds. The van der Waals surface area contributed by atoms with Gasteiger partial charge in [-0.3, -0.25) is 0 Å². The van der Waals surface area contributed by atoms with Crippen molar-refractivity contribution in [3.8, 4) is 0 Å². The maximum absolute atomic E-state index is 10.9. The van der Waals surface area contributed by atoms with Gasteiger partial charge >= 0.3 is 5.97 Å². The largest absolute Gasteiger partial charge is 0.476 e. The Hall–Kier alpha value is -1.33. The molecule has 1 saturated heterocycles. The summed E-state index contributed by atoms with van der Waals surface area (Å²) in [6.07, 6.45) is 0.883.